The zero-order valence-electron chi connectivity index (χ0n) is 14.5. The van der Waals surface area contributed by atoms with E-state index in [1.54, 1.807) is 11.3 Å². The zero-order chi connectivity index (χ0) is 17.5. The Morgan fingerprint density at radius 3 is 3.00 bits per heavy atom. The lowest BCUT2D eigenvalue weighted by Crippen LogP contribution is -2.38. The maximum absolute atomic E-state index is 12.0. The molecule has 1 N–H and O–H groups in total. The molecule has 1 saturated heterocycles. The van der Waals surface area contributed by atoms with E-state index >= 15 is 0 Å². The van der Waals surface area contributed by atoms with Gasteiger partial charge in [-0.25, -0.2) is 4.98 Å². The Balaban J connectivity index is 1.34. The summed E-state index contributed by atoms with van der Waals surface area (Å²) in [6.07, 6.45) is 5.97. The molecule has 0 bridgehead atoms. The van der Waals surface area contributed by atoms with Gasteiger partial charge in [0.05, 0.1) is 15.2 Å². The molecule has 0 atom stereocenters. The standard InChI is InChI=1S/C19H25N3O2S/c23-17(20-12-14-22-13-5-1-2-11-19(22)24)9-6-10-18-21-15-7-3-4-8-16(15)25-18/h3-4,7-8H,1-2,5-6,9-14H2,(H,20,23). The lowest BCUT2D eigenvalue weighted by molar-refractivity contribution is -0.131. The van der Waals surface area contributed by atoms with Crippen molar-refractivity contribution in [2.24, 2.45) is 0 Å². The van der Waals surface area contributed by atoms with E-state index in [0.717, 1.165) is 49.2 Å². The Bertz CT molecular complexity index is 695. The molecule has 0 spiro atoms. The lowest BCUT2D eigenvalue weighted by Gasteiger charge is -2.20. The Hall–Kier alpha value is -1.95. The number of carbonyl (C=O) groups excluding carboxylic acids is 2. The van der Waals surface area contributed by atoms with Gasteiger partial charge in [-0.15, -0.1) is 11.3 Å². The molecule has 6 heteroatoms. The van der Waals surface area contributed by atoms with Crippen molar-refractivity contribution in [1.82, 2.24) is 15.2 Å². The van der Waals surface area contributed by atoms with Gasteiger partial charge in [0.2, 0.25) is 11.8 Å². The number of carbonyl (C=O) groups is 2. The fourth-order valence-electron chi connectivity index (χ4n) is 3.12. The first-order valence-electron chi connectivity index (χ1n) is 9.11. The number of nitrogens with one attached hydrogen (secondary N) is 1. The summed E-state index contributed by atoms with van der Waals surface area (Å²) in [4.78, 5) is 30.3. The number of fused-ring (bicyclic) bond motifs is 1. The van der Waals surface area contributed by atoms with Crippen LogP contribution in [0.4, 0.5) is 0 Å². The average Bonchev–Trinajstić information content (AvgIpc) is 2.91. The highest BCUT2D eigenvalue weighted by molar-refractivity contribution is 7.18. The van der Waals surface area contributed by atoms with Gasteiger partial charge < -0.3 is 10.2 Å². The van der Waals surface area contributed by atoms with Crippen LogP contribution in [0.1, 0.15) is 43.5 Å². The molecular formula is C19H25N3O2S. The summed E-state index contributed by atoms with van der Waals surface area (Å²) in [5.41, 5.74) is 1.04. The molecule has 0 radical (unpaired) electrons. The van der Waals surface area contributed by atoms with Crippen LogP contribution < -0.4 is 5.32 Å². The predicted molar refractivity (Wildman–Crippen MR) is 101 cm³/mol. The third-order valence-electron chi connectivity index (χ3n) is 4.51. The number of rotatable bonds is 7. The molecule has 134 valence electrons. The summed E-state index contributed by atoms with van der Waals surface area (Å²) in [5.74, 6) is 0.283. The molecule has 0 saturated carbocycles. The monoisotopic (exact) mass is 359 g/mol. The van der Waals surface area contributed by atoms with E-state index in [1.165, 1.54) is 4.70 Å². The molecule has 1 aromatic heterocycles. The molecule has 2 aromatic rings. The van der Waals surface area contributed by atoms with E-state index < -0.39 is 0 Å². The number of aromatic nitrogens is 1. The Morgan fingerprint density at radius 1 is 1.24 bits per heavy atom. The highest BCUT2D eigenvalue weighted by Crippen LogP contribution is 2.22. The topological polar surface area (TPSA) is 62.3 Å². The Morgan fingerprint density at radius 2 is 2.12 bits per heavy atom. The van der Waals surface area contributed by atoms with Gasteiger partial charge in [0.1, 0.15) is 0 Å². The third-order valence-corrected chi connectivity index (χ3v) is 5.60. The Kier molecular flexibility index (Phi) is 6.39. The predicted octanol–water partition coefficient (Wildman–Crippen LogP) is 3.14. The van der Waals surface area contributed by atoms with Gasteiger partial charge in [0.25, 0.3) is 0 Å². The van der Waals surface area contributed by atoms with E-state index in [-0.39, 0.29) is 11.8 Å². The second-order valence-electron chi connectivity index (χ2n) is 6.47. The second-order valence-corrected chi connectivity index (χ2v) is 7.59. The molecule has 1 aliphatic heterocycles. The number of amides is 2. The fourth-order valence-corrected chi connectivity index (χ4v) is 4.13. The van der Waals surface area contributed by atoms with Gasteiger partial charge in [0.15, 0.2) is 0 Å². The van der Waals surface area contributed by atoms with Crippen LogP contribution in [-0.2, 0) is 16.0 Å². The van der Waals surface area contributed by atoms with Crippen LogP contribution in [0.25, 0.3) is 10.2 Å². The van der Waals surface area contributed by atoms with Crippen molar-refractivity contribution < 1.29 is 9.59 Å². The van der Waals surface area contributed by atoms with E-state index in [1.807, 2.05) is 23.1 Å². The molecule has 3 rings (SSSR count). The van der Waals surface area contributed by atoms with Crippen LogP contribution >= 0.6 is 11.3 Å². The normalized spacial score (nSPS) is 15.4. The van der Waals surface area contributed by atoms with Gasteiger partial charge in [-0.05, 0) is 37.8 Å². The van der Waals surface area contributed by atoms with E-state index in [0.29, 0.717) is 25.9 Å². The van der Waals surface area contributed by atoms with Crippen molar-refractivity contribution in [2.75, 3.05) is 19.6 Å². The molecule has 0 aliphatic carbocycles. The largest absolute Gasteiger partial charge is 0.354 e. The maximum atomic E-state index is 12.0. The molecule has 1 aliphatic rings. The number of hydrogen-bond acceptors (Lipinski definition) is 4. The maximum Gasteiger partial charge on any atom is 0.222 e. The fraction of sp³-hybridized carbons (Fsp3) is 0.526. The summed E-state index contributed by atoms with van der Waals surface area (Å²) in [6.45, 7) is 2.00. The van der Waals surface area contributed by atoms with Crippen LogP contribution in [0.3, 0.4) is 0 Å². The third kappa shape index (κ3) is 5.26. The number of hydrogen-bond donors (Lipinski definition) is 1. The highest BCUT2D eigenvalue weighted by atomic mass is 32.1. The van der Waals surface area contributed by atoms with Crippen molar-refractivity contribution in [2.45, 2.75) is 44.9 Å². The SMILES string of the molecule is O=C(CCCc1nc2ccccc2s1)NCCN1CCCCCC1=O. The minimum absolute atomic E-state index is 0.0587. The average molecular weight is 359 g/mol. The van der Waals surface area contributed by atoms with Gasteiger partial charge in [-0.1, -0.05) is 18.6 Å². The van der Waals surface area contributed by atoms with Crippen molar-refractivity contribution in [3.8, 4) is 0 Å². The summed E-state index contributed by atoms with van der Waals surface area (Å²) < 4.78 is 1.20. The highest BCUT2D eigenvalue weighted by Gasteiger charge is 2.16. The molecule has 1 aromatic carbocycles. The van der Waals surface area contributed by atoms with Crippen LogP contribution in [0.15, 0.2) is 24.3 Å². The molecule has 0 unspecified atom stereocenters. The number of thiazole rings is 1. The minimum Gasteiger partial charge on any atom is -0.354 e. The minimum atomic E-state index is 0.0587. The van der Waals surface area contributed by atoms with Gasteiger partial charge >= 0.3 is 0 Å². The molecular weight excluding hydrogens is 334 g/mol. The molecule has 25 heavy (non-hydrogen) atoms. The van der Waals surface area contributed by atoms with Crippen LogP contribution in [0.5, 0.6) is 0 Å². The van der Waals surface area contributed by atoms with Gasteiger partial charge in [0, 0.05) is 32.5 Å². The van der Waals surface area contributed by atoms with E-state index in [9.17, 15) is 9.59 Å². The number of nitrogens with zero attached hydrogens (tertiary/aromatic N) is 2. The number of likely N-dealkylation sites (tertiary alicyclic amines) is 1. The van der Waals surface area contributed by atoms with Crippen molar-refractivity contribution in [3.05, 3.63) is 29.3 Å². The summed E-state index contributed by atoms with van der Waals surface area (Å²) in [6, 6.07) is 8.11. The molecule has 2 heterocycles. The Labute approximate surface area is 152 Å². The van der Waals surface area contributed by atoms with Crippen LogP contribution in [0, 0.1) is 0 Å². The van der Waals surface area contributed by atoms with Crippen LogP contribution in [-0.4, -0.2) is 41.3 Å². The van der Waals surface area contributed by atoms with Crippen LogP contribution in [0.2, 0.25) is 0 Å². The first-order chi connectivity index (χ1) is 12.2. The first kappa shape index (κ1) is 17.9. The van der Waals surface area contributed by atoms with Crippen molar-refractivity contribution >= 4 is 33.4 Å². The second kappa shape index (κ2) is 8.94. The molecule has 1 fully saturated rings. The summed E-state index contributed by atoms with van der Waals surface area (Å²) in [7, 11) is 0. The van der Waals surface area contributed by atoms with E-state index in [4.69, 9.17) is 0 Å². The zero-order valence-corrected chi connectivity index (χ0v) is 15.3. The molecule has 2 amide bonds. The first-order valence-corrected chi connectivity index (χ1v) is 9.93. The number of aryl methyl sites for hydroxylation is 1. The summed E-state index contributed by atoms with van der Waals surface area (Å²) in [5, 5.41) is 4.02. The lowest BCUT2D eigenvalue weighted by atomic mass is 10.2. The van der Waals surface area contributed by atoms with Gasteiger partial charge in [-0.2, -0.15) is 0 Å². The van der Waals surface area contributed by atoms with Gasteiger partial charge in [-0.3, -0.25) is 9.59 Å². The molecule has 5 nitrogen and oxygen atoms in total. The van der Waals surface area contributed by atoms with Crippen molar-refractivity contribution in [3.63, 3.8) is 0 Å². The number of benzene rings is 1. The quantitative estimate of drug-likeness (QED) is 0.826. The smallest absolute Gasteiger partial charge is 0.222 e. The number of para-hydroxylation sites is 1. The van der Waals surface area contributed by atoms with E-state index in [2.05, 4.69) is 16.4 Å². The van der Waals surface area contributed by atoms with Crippen molar-refractivity contribution in [1.29, 1.82) is 0 Å². The summed E-state index contributed by atoms with van der Waals surface area (Å²) >= 11 is 1.70.